The highest BCUT2D eigenvalue weighted by Gasteiger charge is 2.28. The third-order valence-electron chi connectivity index (χ3n) is 3.45. The first kappa shape index (κ1) is 14.5. The summed E-state index contributed by atoms with van der Waals surface area (Å²) in [6.45, 7) is 5.81. The molecule has 0 heterocycles. The van der Waals surface area contributed by atoms with E-state index < -0.39 is 6.10 Å². The van der Waals surface area contributed by atoms with E-state index in [0.717, 1.165) is 6.54 Å². The third kappa shape index (κ3) is 5.50. The van der Waals surface area contributed by atoms with Gasteiger partial charge in [0.15, 0.2) is 0 Å². The minimum absolute atomic E-state index is 0.0809. The number of carbonyl (C=O) groups excluding carboxylic acids is 1. The molecule has 17 heavy (non-hydrogen) atoms. The lowest BCUT2D eigenvalue weighted by Gasteiger charge is -2.24. The molecule has 0 aromatic carbocycles. The molecule has 100 valence electrons. The van der Waals surface area contributed by atoms with Gasteiger partial charge in [0.05, 0.1) is 19.1 Å². The fraction of sp³-hybridized carbons (Fsp3) is 0.923. The molecule has 1 atom stereocenters. The van der Waals surface area contributed by atoms with Gasteiger partial charge in [0.25, 0.3) is 0 Å². The fourth-order valence-corrected chi connectivity index (χ4v) is 2.43. The van der Waals surface area contributed by atoms with Crippen LogP contribution in [0.1, 0.15) is 46.0 Å². The van der Waals surface area contributed by atoms with E-state index in [0.29, 0.717) is 18.6 Å². The molecule has 0 amide bonds. The number of aliphatic hydroxyl groups is 1. The molecular formula is C13H25NO3. The second-order valence-electron chi connectivity index (χ2n) is 5.31. The van der Waals surface area contributed by atoms with Gasteiger partial charge in [-0.3, -0.25) is 4.79 Å². The number of aliphatic hydroxyl groups excluding tert-OH is 1. The first-order valence-corrected chi connectivity index (χ1v) is 6.60. The lowest BCUT2D eigenvalue weighted by molar-refractivity contribution is -0.145. The fourth-order valence-electron chi connectivity index (χ4n) is 2.43. The van der Waals surface area contributed by atoms with E-state index in [1.807, 2.05) is 0 Å². The third-order valence-corrected chi connectivity index (χ3v) is 3.45. The Bertz CT molecular complexity index is 237. The van der Waals surface area contributed by atoms with Crippen LogP contribution in [0.5, 0.6) is 0 Å². The SMILES string of the molecule is CCOC(=O)CC(O)CNCC1(C)CCCC1. The van der Waals surface area contributed by atoms with Gasteiger partial charge in [0.2, 0.25) is 0 Å². The standard InChI is InChI=1S/C13H25NO3/c1-3-17-12(16)8-11(15)9-14-10-13(2)6-4-5-7-13/h11,14-15H,3-10H2,1-2H3. The van der Waals surface area contributed by atoms with E-state index >= 15 is 0 Å². The molecule has 4 heteroatoms. The maximum atomic E-state index is 11.1. The van der Waals surface area contributed by atoms with E-state index in [2.05, 4.69) is 12.2 Å². The van der Waals surface area contributed by atoms with Gasteiger partial charge >= 0.3 is 5.97 Å². The predicted octanol–water partition coefficient (Wildman–Crippen LogP) is 1.47. The summed E-state index contributed by atoms with van der Waals surface area (Å²) < 4.78 is 4.79. The Morgan fingerprint density at radius 2 is 2.12 bits per heavy atom. The zero-order chi connectivity index (χ0) is 12.7. The summed E-state index contributed by atoms with van der Waals surface area (Å²) in [4.78, 5) is 11.1. The molecule has 1 aliphatic rings. The second-order valence-corrected chi connectivity index (χ2v) is 5.31. The van der Waals surface area contributed by atoms with Crippen LogP contribution in [-0.4, -0.2) is 36.9 Å². The lowest BCUT2D eigenvalue weighted by Crippen LogP contribution is -2.35. The van der Waals surface area contributed by atoms with Crippen molar-refractivity contribution in [2.24, 2.45) is 5.41 Å². The summed E-state index contributed by atoms with van der Waals surface area (Å²) in [7, 11) is 0. The number of nitrogens with one attached hydrogen (secondary N) is 1. The molecule has 1 aliphatic carbocycles. The summed E-state index contributed by atoms with van der Waals surface area (Å²) in [6.07, 6.45) is 4.58. The van der Waals surface area contributed by atoms with Crippen molar-refractivity contribution in [2.75, 3.05) is 19.7 Å². The van der Waals surface area contributed by atoms with E-state index in [-0.39, 0.29) is 12.4 Å². The topological polar surface area (TPSA) is 58.6 Å². The average Bonchev–Trinajstić information content (AvgIpc) is 2.65. The largest absolute Gasteiger partial charge is 0.466 e. The molecular weight excluding hydrogens is 218 g/mol. The van der Waals surface area contributed by atoms with Crippen molar-refractivity contribution in [2.45, 2.75) is 52.1 Å². The van der Waals surface area contributed by atoms with Crippen LogP contribution in [0.3, 0.4) is 0 Å². The van der Waals surface area contributed by atoms with Crippen LogP contribution in [0.25, 0.3) is 0 Å². The Balaban J connectivity index is 2.11. The quantitative estimate of drug-likeness (QED) is 0.665. The number of rotatable bonds is 7. The van der Waals surface area contributed by atoms with Crippen LogP contribution >= 0.6 is 0 Å². The summed E-state index contributed by atoms with van der Waals surface area (Å²) >= 11 is 0. The Hall–Kier alpha value is -0.610. The van der Waals surface area contributed by atoms with Crippen molar-refractivity contribution < 1.29 is 14.6 Å². The van der Waals surface area contributed by atoms with Crippen LogP contribution in [0.4, 0.5) is 0 Å². The molecule has 4 nitrogen and oxygen atoms in total. The van der Waals surface area contributed by atoms with E-state index in [9.17, 15) is 9.90 Å². The van der Waals surface area contributed by atoms with Crippen molar-refractivity contribution in [3.8, 4) is 0 Å². The van der Waals surface area contributed by atoms with Crippen LogP contribution in [0.2, 0.25) is 0 Å². The number of carbonyl (C=O) groups is 1. The molecule has 0 spiro atoms. The van der Waals surface area contributed by atoms with Crippen LogP contribution in [0, 0.1) is 5.41 Å². The van der Waals surface area contributed by atoms with Crippen molar-refractivity contribution in [3.63, 3.8) is 0 Å². The Kier molecular flexibility index (Phi) is 5.92. The Morgan fingerprint density at radius 1 is 1.47 bits per heavy atom. The highest BCUT2D eigenvalue weighted by atomic mass is 16.5. The Labute approximate surface area is 104 Å². The number of hydrogen-bond acceptors (Lipinski definition) is 4. The molecule has 0 radical (unpaired) electrons. The van der Waals surface area contributed by atoms with E-state index in [4.69, 9.17) is 4.74 Å². The van der Waals surface area contributed by atoms with Crippen molar-refractivity contribution >= 4 is 5.97 Å². The Morgan fingerprint density at radius 3 is 2.71 bits per heavy atom. The monoisotopic (exact) mass is 243 g/mol. The molecule has 1 saturated carbocycles. The molecule has 1 fully saturated rings. The zero-order valence-corrected chi connectivity index (χ0v) is 11.0. The summed E-state index contributed by atoms with van der Waals surface area (Å²) in [6, 6.07) is 0. The normalized spacial score (nSPS) is 20.2. The zero-order valence-electron chi connectivity index (χ0n) is 11.0. The molecule has 1 unspecified atom stereocenters. The lowest BCUT2D eigenvalue weighted by atomic mass is 9.89. The molecule has 0 saturated heterocycles. The summed E-state index contributed by atoms with van der Waals surface area (Å²) in [5.41, 5.74) is 0.379. The summed E-state index contributed by atoms with van der Waals surface area (Å²) in [5.74, 6) is -0.325. The van der Waals surface area contributed by atoms with Gasteiger partial charge in [0.1, 0.15) is 0 Å². The number of ether oxygens (including phenoxy) is 1. The predicted molar refractivity (Wildman–Crippen MR) is 66.7 cm³/mol. The molecule has 1 rings (SSSR count). The van der Waals surface area contributed by atoms with Gasteiger partial charge in [-0.2, -0.15) is 0 Å². The maximum absolute atomic E-state index is 11.1. The average molecular weight is 243 g/mol. The van der Waals surface area contributed by atoms with Crippen molar-refractivity contribution in [3.05, 3.63) is 0 Å². The van der Waals surface area contributed by atoms with Crippen LogP contribution < -0.4 is 5.32 Å². The highest BCUT2D eigenvalue weighted by Crippen LogP contribution is 2.36. The minimum atomic E-state index is -0.640. The first-order valence-electron chi connectivity index (χ1n) is 6.60. The van der Waals surface area contributed by atoms with Gasteiger partial charge in [0, 0.05) is 13.1 Å². The highest BCUT2D eigenvalue weighted by molar-refractivity contribution is 5.69. The second kappa shape index (κ2) is 6.97. The van der Waals surface area contributed by atoms with Gasteiger partial charge in [-0.15, -0.1) is 0 Å². The molecule has 2 N–H and O–H groups in total. The van der Waals surface area contributed by atoms with Gasteiger partial charge in [-0.05, 0) is 25.2 Å². The number of hydrogen-bond donors (Lipinski definition) is 2. The number of esters is 1. The molecule has 0 aromatic heterocycles. The minimum Gasteiger partial charge on any atom is -0.466 e. The van der Waals surface area contributed by atoms with E-state index in [1.165, 1.54) is 25.7 Å². The van der Waals surface area contributed by atoms with Gasteiger partial charge in [-0.1, -0.05) is 19.8 Å². The van der Waals surface area contributed by atoms with E-state index in [1.54, 1.807) is 6.92 Å². The first-order chi connectivity index (χ1) is 8.06. The van der Waals surface area contributed by atoms with Crippen molar-refractivity contribution in [1.29, 1.82) is 0 Å². The molecule has 0 bridgehead atoms. The van der Waals surface area contributed by atoms with Crippen LogP contribution in [-0.2, 0) is 9.53 Å². The van der Waals surface area contributed by atoms with Crippen molar-refractivity contribution in [1.82, 2.24) is 5.32 Å². The van der Waals surface area contributed by atoms with Gasteiger partial charge < -0.3 is 15.2 Å². The van der Waals surface area contributed by atoms with Crippen LogP contribution in [0.15, 0.2) is 0 Å². The van der Waals surface area contributed by atoms with Gasteiger partial charge in [-0.25, -0.2) is 0 Å². The molecule has 0 aliphatic heterocycles. The summed E-state index contributed by atoms with van der Waals surface area (Å²) in [5, 5.41) is 12.9. The molecule has 0 aromatic rings. The smallest absolute Gasteiger partial charge is 0.308 e. The maximum Gasteiger partial charge on any atom is 0.308 e.